The molecule has 1 saturated heterocycles. The van der Waals surface area contributed by atoms with E-state index in [0.29, 0.717) is 25.2 Å². The van der Waals surface area contributed by atoms with E-state index >= 15 is 0 Å². The molecule has 128 valence electrons. The van der Waals surface area contributed by atoms with Gasteiger partial charge in [-0.15, -0.1) is 0 Å². The van der Waals surface area contributed by atoms with Crippen molar-refractivity contribution in [1.29, 1.82) is 5.26 Å². The van der Waals surface area contributed by atoms with Gasteiger partial charge in [0, 0.05) is 18.4 Å². The molecule has 24 heavy (non-hydrogen) atoms. The summed E-state index contributed by atoms with van der Waals surface area (Å²) in [6.07, 6.45) is -3.16. The number of benzene rings is 1. The van der Waals surface area contributed by atoms with E-state index in [0.717, 1.165) is 18.6 Å². The lowest BCUT2D eigenvalue weighted by Crippen LogP contribution is -2.40. The van der Waals surface area contributed by atoms with E-state index in [1.165, 1.54) is 6.07 Å². The zero-order valence-electron chi connectivity index (χ0n) is 12.8. The topological polar surface area (TPSA) is 62.1 Å². The molecular formula is C17H17F3N2O2. The van der Waals surface area contributed by atoms with Crippen LogP contribution in [0.5, 0.6) is 0 Å². The Labute approximate surface area is 137 Å². The maximum absolute atomic E-state index is 12.8. The van der Waals surface area contributed by atoms with Gasteiger partial charge in [0.15, 0.2) is 0 Å². The highest BCUT2D eigenvalue weighted by Gasteiger charge is 2.45. The number of rotatable bonds is 4. The van der Waals surface area contributed by atoms with Crippen LogP contribution in [-0.2, 0) is 15.7 Å². The number of nitrogens with one attached hydrogen (secondary N) is 1. The van der Waals surface area contributed by atoms with E-state index in [2.05, 4.69) is 11.4 Å². The second-order valence-corrected chi connectivity index (χ2v) is 6.31. The number of ether oxygens (including phenoxy) is 1. The third-order valence-electron chi connectivity index (χ3n) is 4.64. The van der Waals surface area contributed by atoms with E-state index < -0.39 is 17.8 Å². The first-order chi connectivity index (χ1) is 11.4. The van der Waals surface area contributed by atoms with Gasteiger partial charge in [-0.25, -0.2) is 0 Å². The quantitative estimate of drug-likeness (QED) is 0.918. The molecule has 0 spiro atoms. The van der Waals surface area contributed by atoms with E-state index in [4.69, 9.17) is 4.74 Å². The molecule has 0 radical (unpaired) electrons. The molecule has 1 aliphatic carbocycles. The number of hydrogen-bond acceptors (Lipinski definition) is 3. The second kappa shape index (κ2) is 6.44. The van der Waals surface area contributed by atoms with Crippen molar-refractivity contribution >= 4 is 5.91 Å². The average molecular weight is 338 g/mol. The maximum Gasteiger partial charge on any atom is 0.416 e. The summed E-state index contributed by atoms with van der Waals surface area (Å²) in [6, 6.07) is 6.57. The van der Waals surface area contributed by atoms with Crippen LogP contribution in [0, 0.1) is 23.2 Å². The van der Waals surface area contributed by atoms with Gasteiger partial charge in [-0.3, -0.25) is 4.79 Å². The van der Waals surface area contributed by atoms with Crippen molar-refractivity contribution in [2.45, 2.75) is 31.0 Å². The van der Waals surface area contributed by atoms with Crippen molar-refractivity contribution in [2.75, 3.05) is 13.2 Å². The molecule has 3 rings (SSSR count). The molecule has 4 atom stereocenters. The Morgan fingerprint density at radius 2 is 2.21 bits per heavy atom. The highest BCUT2D eigenvalue weighted by atomic mass is 19.4. The highest BCUT2D eigenvalue weighted by molar-refractivity contribution is 5.83. The zero-order chi connectivity index (χ0) is 17.3. The first kappa shape index (κ1) is 16.8. The van der Waals surface area contributed by atoms with Gasteiger partial charge in [-0.2, -0.15) is 18.4 Å². The monoisotopic (exact) mass is 338 g/mol. The van der Waals surface area contributed by atoms with Gasteiger partial charge in [0.25, 0.3) is 0 Å². The fraction of sp³-hybridized carbons (Fsp3) is 0.529. The Kier molecular flexibility index (Phi) is 4.50. The van der Waals surface area contributed by atoms with Crippen LogP contribution in [0.1, 0.15) is 29.9 Å². The number of nitrogens with zero attached hydrogens (tertiary/aromatic N) is 1. The van der Waals surface area contributed by atoms with Gasteiger partial charge in [0.05, 0.1) is 18.2 Å². The van der Waals surface area contributed by atoms with E-state index in [1.54, 1.807) is 6.07 Å². The molecule has 0 bridgehead atoms. The molecule has 0 aromatic heterocycles. The molecule has 1 N–H and O–H groups in total. The summed E-state index contributed by atoms with van der Waals surface area (Å²) in [7, 11) is 0. The van der Waals surface area contributed by atoms with Crippen LogP contribution in [0.25, 0.3) is 0 Å². The minimum atomic E-state index is -4.39. The summed E-state index contributed by atoms with van der Waals surface area (Å²) in [4.78, 5) is 12.3. The predicted octanol–water partition coefficient (Wildman–Crippen LogP) is 2.85. The summed E-state index contributed by atoms with van der Waals surface area (Å²) >= 11 is 0. The second-order valence-electron chi connectivity index (χ2n) is 6.31. The van der Waals surface area contributed by atoms with Crippen molar-refractivity contribution in [3.8, 4) is 6.07 Å². The first-order valence-electron chi connectivity index (χ1n) is 7.85. The Balaban J connectivity index is 1.62. The van der Waals surface area contributed by atoms with Crippen molar-refractivity contribution in [3.05, 3.63) is 35.4 Å². The minimum absolute atomic E-state index is 0.0234. The largest absolute Gasteiger partial charge is 0.416 e. The average Bonchev–Trinajstić information content (AvgIpc) is 3.18. The Bertz CT molecular complexity index is 663. The van der Waals surface area contributed by atoms with Gasteiger partial charge in [-0.1, -0.05) is 18.2 Å². The number of hydrogen-bond donors (Lipinski definition) is 1. The number of amides is 1. The highest BCUT2D eigenvalue weighted by Crippen LogP contribution is 2.48. The van der Waals surface area contributed by atoms with Gasteiger partial charge in [0.1, 0.15) is 6.04 Å². The maximum atomic E-state index is 12.8. The summed E-state index contributed by atoms with van der Waals surface area (Å²) in [5.41, 5.74) is -0.188. The van der Waals surface area contributed by atoms with Gasteiger partial charge < -0.3 is 10.1 Å². The normalized spacial score (nSPS) is 27.3. The molecule has 1 saturated carbocycles. The lowest BCUT2D eigenvalue weighted by atomic mass is 10.00. The predicted molar refractivity (Wildman–Crippen MR) is 78.8 cm³/mol. The Morgan fingerprint density at radius 3 is 2.83 bits per heavy atom. The molecule has 1 amide bonds. The molecule has 0 unspecified atom stereocenters. The number of carbonyl (C=O) groups is 1. The third-order valence-corrected chi connectivity index (χ3v) is 4.64. The zero-order valence-corrected chi connectivity index (χ0v) is 12.8. The molecule has 1 aliphatic heterocycles. The Morgan fingerprint density at radius 1 is 1.42 bits per heavy atom. The Hall–Kier alpha value is -2.07. The summed E-state index contributed by atoms with van der Waals surface area (Å²) in [5.74, 6) is -0.876. The number of carbonyl (C=O) groups excluding carboxylic acids is 1. The van der Waals surface area contributed by atoms with Gasteiger partial charge >= 0.3 is 6.18 Å². The molecule has 2 aliphatic rings. The van der Waals surface area contributed by atoms with Gasteiger partial charge in [-0.05, 0) is 30.4 Å². The third kappa shape index (κ3) is 3.54. The van der Waals surface area contributed by atoms with E-state index in [1.807, 2.05) is 0 Å². The number of halogens is 3. The summed E-state index contributed by atoms with van der Waals surface area (Å²) < 4.78 is 43.5. The molecule has 1 aromatic rings. The lowest BCUT2D eigenvalue weighted by molar-refractivity contribution is -0.137. The fourth-order valence-electron chi connectivity index (χ4n) is 3.13. The van der Waals surface area contributed by atoms with Crippen molar-refractivity contribution in [2.24, 2.45) is 11.8 Å². The molecule has 4 nitrogen and oxygen atoms in total. The SMILES string of the molecule is N#C[C@H](NC(=O)[C@@H]1C[C@@H]1c1cccc(C(F)(F)F)c1)[C@H]1CCOC1. The van der Waals surface area contributed by atoms with Crippen LogP contribution in [0.15, 0.2) is 24.3 Å². The van der Waals surface area contributed by atoms with Crippen molar-refractivity contribution < 1.29 is 22.7 Å². The molecule has 1 heterocycles. The van der Waals surface area contributed by atoms with Gasteiger partial charge in [0.2, 0.25) is 5.91 Å². The minimum Gasteiger partial charge on any atom is -0.381 e. The van der Waals surface area contributed by atoms with Crippen LogP contribution < -0.4 is 5.32 Å². The summed E-state index contributed by atoms with van der Waals surface area (Å²) in [5, 5.41) is 11.9. The molecule has 2 fully saturated rings. The summed E-state index contributed by atoms with van der Waals surface area (Å²) in [6.45, 7) is 1.02. The number of nitriles is 1. The van der Waals surface area contributed by atoms with Crippen LogP contribution >= 0.6 is 0 Å². The van der Waals surface area contributed by atoms with Crippen LogP contribution in [0.4, 0.5) is 13.2 Å². The molecule has 1 aromatic carbocycles. The molecule has 7 heteroatoms. The number of alkyl halides is 3. The molecular weight excluding hydrogens is 321 g/mol. The van der Waals surface area contributed by atoms with Crippen molar-refractivity contribution in [1.82, 2.24) is 5.32 Å². The first-order valence-corrected chi connectivity index (χ1v) is 7.85. The van der Waals surface area contributed by atoms with E-state index in [-0.39, 0.29) is 23.7 Å². The lowest BCUT2D eigenvalue weighted by Gasteiger charge is -2.16. The van der Waals surface area contributed by atoms with Crippen LogP contribution in [0.3, 0.4) is 0 Å². The van der Waals surface area contributed by atoms with Crippen LogP contribution in [-0.4, -0.2) is 25.2 Å². The van der Waals surface area contributed by atoms with E-state index in [9.17, 15) is 23.2 Å². The van der Waals surface area contributed by atoms with Crippen molar-refractivity contribution in [3.63, 3.8) is 0 Å². The smallest absolute Gasteiger partial charge is 0.381 e. The fourth-order valence-corrected chi connectivity index (χ4v) is 3.13. The van der Waals surface area contributed by atoms with Crippen LogP contribution in [0.2, 0.25) is 0 Å². The standard InChI is InChI=1S/C17H17F3N2O2/c18-17(19,20)12-3-1-2-10(6-12)13-7-14(13)16(23)22-15(8-21)11-4-5-24-9-11/h1-3,6,11,13-15H,4-5,7,9H2,(H,22,23)/t11-,13+,14+,15-/m0/s1.